The molecular weight excluding hydrogens is 363 g/mol. The Kier molecular flexibility index (Phi) is 3.67. The van der Waals surface area contributed by atoms with E-state index in [9.17, 15) is 4.39 Å². The van der Waals surface area contributed by atoms with Gasteiger partial charge in [-0.3, -0.25) is 0 Å². The first kappa shape index (κ1) is 13.8. The second-order valence-electron chi connectivity index (χ2n) is 4.43. The van der Waals surface area contributed by atoms with Crippen LogP contribution in [0.2, 0.25) is 5.02 Å². The van der Waals surface area contributed by atoms with Crippen molar-refractivity contribution in [3.8, 4) is 0 Å². The van der Waals surface area contributed by atoms with E-state index in [-0.39, 0.29) is 5.02 Å². The molecular formula is C14H9BrClFN2S. The highest BCUT2D eigenvalue weighted by molar-refractivity contribution is 9.10. The molecule has 0 saturated heterocycles. The second-order valence-corrected chi connectivity index (χ2v) is 6.14. The molecule has 6 heteroatoms. The average molecular weight is 372 g/mol. The van der Waals surface area contributed by atoms with Crippen LogP contribution in [0.3, 0.4) is 0 Å². The van der Waals surface area contributed by atoms with Gasteiger partial charge in [0.2, 0.25) is 0 Å². The van der Waals surface area contributed by atoms with Gasteiger partial charge in [-0.2, -0.15) is 0 Å². The van der Waals surface area contributed by atoms with Crippen LogP contribution in [0.15, 0.2) is 40.9 Å². The molecule has 0 amide bonds. The Labute approximate surface area is 133 Å². The number of hydrogen-bond acceptors (Lipinski definition) is 1. The smallest absolute Gasteiger partial charge is 0.178 e. The lowest BCUT2D eigenvalue weighted by Gasteiger charge is -2.06. The minimum absolute atomic E-state index is 0.0864. The highest BCUT2D eigenvalue weighted by Gasteiger charge is 2.09. The average Bonchev–Trinajstić information content (AvgIpc) is 2.67. The third-order valence-corrected chi connectivity index (χ3v) is 4.15. The summed E-state index contributed by atoms with van der Waals surface area (Å²) in [4.78, 5) is 3.04. The molecule has 20 heavy (non-hydrogen) atoms. The van der Waals surface area contributed by atoms with Crippen LogP contribution in [0.4, 0.5) is 4.39 Å². The number of aromatic nitrogens is 2. The number of halogens is 3. The van der Waals surface area contributed by atoms with Crippen molar-refractivity contribution in [2.75, 3.05) is 0 Å². The maximum atomic E-state index is 13.6. The third kappa shape index (κ3) is 2.53. The summed E-state index contributed by atoms with van der Waals surface area (Å²) in [6, 6.07) is 10.9. The summed E-state index contributed by atoms with van der Waals surface area (Å²) in [5, 5.41) is 0.0864. The lowest BCUT2D eigenvalue weighted by molar-refractivity contribution is 0.629. The fourth-order valence-corrected chi connectivity index (χ4v) is 3.01. The van der Waals surface area contributed by atoms with Crippen molar-refractivity contribution in [2.24, 2.45) is 0 Å². The Morgan fingerprint density at radius 1 is 1.30 bits per heavy atom. The molecule has 0 saturated carbocycles. The van der Waals surface area contributed by atoms with Crippen LogP contribution in [-0.2, 0) is 6.54 Å². The van der Waals surface area contributed by atoms with E-state index in [1.807, 2.05) is 28.8 Å². The van der Waals surface area contributed by atoms with Crippen molar-refractivity contribution in [1.29, 1.82) is 0 Å². The van der Waals surface area contributed by atoms with Crippen molar-refractivity contribution in [2.45, 2.75) is 6.54 Å². The van der Waals surface area contributed by atoms with Crippen LogP contribution in [-0.4, -0.2) is 9.55 Å². The zero-order chi connectivity index (χ0) is 14.3. The molecule has 0 spiro atoms. The molecule has 0 atom stereocenters. The van der Waals surface area contributed by atoms with Crippen LogP contribution in [0.5, 0.6) is 0 Å². The number of nitrogens with zero attached hydrogens (tertiary/aromatic N) is 1. The van der Waals surface area contributed by atoms with Crippen molar-refractivity contribution in [3.05, 3.63) is 62.0 Å². The fraction of sp³-hybridized carbons (Fsp3) is 0.0714. The largest absolute Gasteiger partial charge is 0.331 e. The summed E-state index contributed by atoms with van der Waals surface area (Å²) in [6.07, 6.45) is 0. The molecule has 0 unspecified atom stereocenters. The normalized spacial score (nSPS) is 11.2. The lowest BCUT2D eigenvalue weighted by atomic mass is 10.2. The van der Waals surface area contributed by atoms with Gasteiger partial charge < -0.3 is 9.55 Å². The van der Waals surface area contributed by atoms with Gasteiger partial charge in [-0.15, -0.1) is 0 Å². The summed E-state index contributed by atoms with van der Waals surface area (Å²) >= 11 is 14.5. The van der Waals surface area contributed by atoms with Gasteiger partial charge in [-0.25, -0.2) is 4.39 Å². The van der Waals surface area contributed by atoms with E-state index in [1.54, 1.807) is 6.07 Å². The van der Waals surface area contributed by atoms with E-state index in [0.29, 0.717) is 16.8 Å². The van der Waals surface area contributed by atoms with E-state index < -0.39 is 5.82 Å². The number of imidazole rings is 1. The van der Waals surface area contributed by atoms with Crippen molar-refractivity contribution < 1.29 is 4.39 Å². The third-order valence-electron chi connectivity index (χ3n) is 3.05. The van der Waals surface area contributed by atoms with E-state index in [1.165, 1.54) is 6.07 Å². The first-order chi connectivity index (χ1) is 9.54. The van der Waals surface area contributed by atoms with Gasteiger partial charge in [0.05, 0.1) is 22.6 Å². The molecule has 0 radical (unpaired) electrons. The van der Waals surface area contributed by atoms with E-state index in [2.05, 4.69) is 20.9 Å². The number of rotatable bonds is 2. The Morgan fingerprint density at radius 2 is 2.10 bits per heavy atom. The SMILES string of the molecule is Fc1cc2c(cc1Cl)[nH]c(=S)n2Cc1cccc(Br)c1. The van der Waals surface area contributed by atoms with Gasteiger partial charge in [0.25, 0.3) is 0 Å². The van der Waals surface area contributed by atoms with Gasteiger partial charge in [0.1, 0.15) is 5.82 Å². The molecule has 102 valence electrons. The Hall–Kier alpha value is -1.17. The van der Waals surface area contributed by atoms with Gasteiger partial charge >= 0.3 is 0 Å². The maximum Gasteiger partial charge on any atom is 0.178 e. The molecule has 0 aliphatic heterocycles. The summed E-state index contributed by atoms with van der Waals surface area (Å²) < 4.78 is 17.0. The fourth-order valence-electron chi connectivity index (χ4n) is 2.13. The van der Waals surface area contributed by atoms with Gasteiger partial charge in [0.15, 0.2) is 4.77 Å². The highest BCUT2D eigenvalue weighted by Crippen LogP contribution is 2.24. The van der Waals surface area contributed by atoms with E-state index in [4.69, 9.17) is 23.8 Å². The van der Waals surface area contributed by atoms with Crippen molar-refractivity contribution in [3.63, 3.8) is 0 Å². The number of H-pyrrole nitrogens is 1. The predicted octanol–water partition coefficient (Wildman–Crippen LogP) is 5.30. The zero-order valence-corrected chi connectivity index (χ0v) is 13.3. The van der Waals surface area contributed by atoms with Gasteiger partial charge in [-0.1, -0.05) is 39.7 Å². The number of nitrogens with one attached hydrogen (secondary N) is 1. The van der Waals surface area contributed by atoms with Crippen LogP contribution in [0, 0.1) is 10.6 Å². The molecule has 1 N–H and O–H groups in total. The molecule has 0 bridgehead atoms. The maximum absolute atomic E-state index is 13.6. The quantitative estimate of drug-likeness (QED) is 0.606. The van der Waals surface area contributed by atoms with Crippen molar-refractivity contribution in [1.82, 2.24) is 9.55 Å². The first-order valence-corrected chi connectivity index (χ1v) is 7.44. The van der Waals surface area contributed by atoms with Crippen molar-refractivity contribution >= 4 is 50.8 Å². The van der Waals surface area contributed by atoms with Gasteiger partial charge in [0, 0.05) is 10.5 Å². The predicted molar refractivity (Wildman–Crippen MR) is 85.3 cm³/mol. The summed E-state index contributed by atoms with van der Waals surface area (Å²) in [5.74, 6) is -0.448. The number of fused-ring (bicyclic) bond motifs is 1. The molecule has 0 aliphatic rings. The zero-order valence-electron chi connectivity index (χ0n) is 10.2. The molecule has 1 heterocycles. The molecule has 0 aliphatic carbocycles. The number of hydrogen-bond donors (Lipinski definition) is 1. The van der Waals surface area contributed by atoms with E-state index in [0.717, 1.165) is 15.6 Å². The standard InChI is InChI=1S/C14H9BrClFN2S/c15-9-3-1-2-8(4-9)7-19-13-6-11(17)10(16)5-12(13)18-14(19)20/h1-6H,7H2,(H,18,20). The monoisotopic (exact) mass is 370 g/mol. The van der Waals surface area contributed by atoms with Crippen LogP contribution in [0.1, 0.15) is 5.56 Å². The Balaban J connectivity index is 2.14. The minimum Gasteiger partial charge on any atom is -0.331 e. The molecule has 0 fully saturated rings. The minimum atomic E-state index is -0.448. The molecule has 2 nitrogen and oxygen atoms in total. The topological polar surface area (TPSA) is 20.7 Å². The molecule has 1 aromatic heterocycles. The first-order valence-electron chi connectivity index (χ1n) is 5.86. The van der Waals surface area contributed by atoms with Crippen LogP contribution < -0.4 is 0 Å². The second kappa shape index (κ2) is 5.31. The van der Waals surface area contributed by atoms with Gasteiger partial charge in [-0.05, 0) is 36.0 Å². The summed E-state index contributed by atoms with van der Waals surface area (Å²) in [5.41, 5.74) is 2.51. The number of benzene rings is 2. The lowest BCUT2D eigenvalue weighted by Crippen LogP contribution is -1.99. The van der Waals surface area contributed by atoms with Crippen LogP contribution >= 0.6 is 39.7 Å². The summed E-state index contributed by atoms with van der Waals surface area (Å²) in [7, 11) is 0. The molecule has 3 aromatic rings. The Bertz CT molecular complexity index is 856. The van der Waals surface area contributed by atoms with E-state index >= 15 is 0 Å². The summed E-state index contributed by atoms with van der Waals surface area (Å²) in [6.45, 7) is 0.569. The molecule has 3 rings (SSSR count). The Morgan fingerprint density at radius 3 is 2.85 bits per heavy atom. The molecule has 2 aromatic carbocycles. The highest BCUT2D eigenvalue weighted by atomic mass is 79.9. The number of aromatic amines is 1. The van der Waals surface area contributed by atoms with Crippen LogP contribution in [0.25, 0.3) is 11.0 Å².